The van der Waals surface area contributed by atoms with E-state index in [1.165, 1.54) is 38.2 Å². The minimum atomic E-state index is -0.0983. The molecule has 1 aromatic rings. The maximum Gasteiger partial charge on any atom is 1.00 e. The van der Waals surface area contributed by atoms with Crippen LogP contribution in [0, 0.1) is 26.2 Å². The second-order valence-electron chi connectivity index (χ2n) is 5.06. The predicted molar refractivity (Wildman–Crippen MR) is 69.5 cm³/mol. The summed E-state index contributed by atoms with van der Waals surface area (Å²) in [6.45, 7) is 1.99. The van der Waals surface area contributed by atoms with Crippen molar-refractivity contribution in [2.45, 2.75) is 51.1 Å². The van der Waals surface area contributed by atoms with Gasteiger partial charge in [0.2, 0.25) is 0 Å². The molecular weight excluding hydrogens is 252 g/mol. The first-order valence-electron chi connectivity index (χ1n) is 6.22. The van der Waals surface area contributed by atoms with Gasteiger partial charge in [0, 0.05) is 17.9 Å². The predicted octanol–water partition coefficient (Wildman–Crippen LogP) is 0.910. The molecule has 2 aliphatic heterocycles. The van der Waals surface area contributed by atoms with E-state index in [9.17, 15) is 4.39 Å². The van der Waals surface area contributed by atoms with Gasteiger partial charge in [0.15, 0.2) is 0 Å². The average molecular weight is 272 g/mol. The van der Waals surface area contributed by atoms with Gasteiger partial charge in [-0.25, -0.2) is 0 Å². The van der Waals surface area contributed by atoms with Crippen LogP contribution in [0.1, 0.15) is 37.7 Å². The zero-order chi connectivity index (χ0) is 11.1. The summed E-state index contributed by atoms with van der Waals surface area (Å²) in [5.41, 5.74) is 1.87. The summed E-state index contributed by atoms with van der Waals surface area (Å²) in [6.07, 6.45) is 6.25. The molecule has 3 heteroatoms. The minimum absolute atomic E-state index is 0. The smallest absolute Gasteiger partial charge is 0.384 e. The van der Waals surface area contributed by atoms with Crippen molar-refractivity contribution >= 4 is 5.69 Å². The number of hydrogen-bond acceptors (Lipinski definition) is 1. The normalized spacial score (nSPS) is 25.3. The SMILES string of the molecule is Cc1c[c-]cc(F)c1N1C2CCCC1CC2.[CH3-].[K+]. The Morgan fingerprint density at radius 2 is 1.78 bits per heavy atom. The molecule has 0 N–H and O–H groups in total. The van der Waals surface area contributed by atoms with Crippen molar-refractivity contribution in [1.29, 1.82) is 0 Å². The van der Waals surface area contributed by atoms with Gasteiger partial charge < -0.3 is 12.3 Å². The van der Waals surface area contributed by atoms with Crippen molar-refractivity contribution in [2.24, 2.45) is 0 Å². The molecule has 2 aliphatic rings. The number of hydrogen-bond donors (Lipinski definition) is 0. The average Bonchev–Trinajstić information content (AvgIpc) is 2.51. The summed E-state index contributed by atoms with van der Waals surface area (Å²) in [6, 6.07) is 7.38. The molecule has 2 bridgehead atoms. The molecule has 3 rings (SSSR count). The summed E-state index contributed by atoms with van der Waals surface area (Å²) in [5, 5.41) is 0. The quantitative estimate of drug-likeness (QED) is 0.543. The van der Waals surface area contributed by atoms with Crippen LogP contribution in [0.4, 0.5) is 10.1 Å². The van der Waals surface area contributed by atoms with Crippen molar-refractivity contribution in [3.63, 3.8) is 0 Å². The molecule has 2 saturated heterocycles. The fraction of sp³-hybridized carbons (Fsp3) is 0.533. The third kappa shape index (κ3) is 2.85. The van der Waals surface area contributed by atoms with E-state index in [-0.39, 0.29) is 64.6 Å². The van der Waals surface area contributed by atoms with E-state index < -0.39 is 0 Å². The number of anilines is 1. The van der Waals surface area contributed by atoms with Gasteiger partial charge in [-0.05, 0) is 37.8 Å². The number of benzene rings is 1. The van der Waals surface area contributed by atoms with Crippen LogP contribution in [0.15, 0.2) is 12.1 Å². The Hall–Kier alpha value is 0.586. The van der Waals surface area contributed by atoms with Crippen LogP contribution >= 0.6 is 0 Å². The van der Waals surface area contributed by atoms with Crippen molar-refractivity contribution in [3.8, 4) is 0 Å². The molecule has 18 heavy (non-hydrogen) atoms. The number of fused-ring (bicyclic) bond motifs is 2. The Morgan fingerprint density at radius 1 is 1.17 bits per heavy atom. The molecule has 2 heterocycles. The maximum absolute atomic E-state index is 13.9. The van der Waals surface area contributed by atoms with E-state index in [0.29, 0.717) is 12.1 Å². The summed E-state index contributed by atoms with van der Waals surface area (Å²) < 4.78 is 13.9. The number of halogens is 1. The summed E-state index contributed by atoms with van der Waals surface area (Å²) in [7, 11) is 0. The van der Waals surface area contributed by atoms with E-state index >= 15 is 0 Å². The maximum atomic E-state index is 13.9. The van der Waals surface area contributed by atoms with Crippen LogP contribution in [0.3, 0.4) is 0 Å². The first kappa shape index (κ1) is 16.6. The molecule has 2 fully saturated rings. The summed E-state index contributed by atoms with van der Waals surface area (Å²) >= 11 is 0. The minimum Gasteiger partial charge on any atom is -0.384 e. The molecule has 94 valence electrons. The number of piperidine rings is 1. The molecule has 0 spiro atoms. The third-order valence-corrected chi connectivity index (χ3v) is 4.06. The molecule has 1 aromatic carbocycles. The van der Waals surface area contributed by atoms with E-state index in [0.717, 1.165) is 11.3 Å². The number of nitrogens with zero attached hydrogens (tertiary/aromatic N) is 1. The van der Waals surface area contributed by atoms with Gasteiger partial charge in [0.25, 0.3) is 0 Å². The molecule has 0 amide bonds. The molecular formula is C15H20FKN-. The van der Waals surface area contributed by atoms with Gasteiger partial charge in [-0.1, -0.05) is 6.92 Å². The number of rotatable bonds is 1. The topological polar surface area (TPSA) is 3.24 Å². The van der Waals surface area contributed by atoms with Crippen LogP contribution in [-0.4, -0.2) is 12.1 Å². The molecule has 2 unspecified atom stereocenters. The molecule has 2 atom stereocenters. The monoisotopic (exact) mass is 272 g/mol. The Bertz CT molecular complexity index is 371. The van der Waals surface area contributed by atoms with Crippen molar-refractivity contribution in [2.75, 3.05) is 4.90 Å². The molecule has 0 radical (unpaired) electrons. The zero-order valence-corrected chi connectivity index (χ0v) is 14.8. The first-order valence-corrected chi connectivity index (χ1v) is 6.22. The Morgan fingerprint density at radius 3 is 2.33 bits per heavy atom. The van der Waals surface area contributed by atoms with Gasteiger partial charge in [-0.15, -0.1) is 11.6 Å². The van der Waals surface area contributed by atoms with Crippen LogP contribution in [0.5, 0.6) is 0 Å². The van der Waals surface area contributed by atoms with Gasteiger partial charge in [-0.3, -0.25) is 4.39 Å². The molecule has 0 aliphatic carbocycles. The fourth-order valence-electron chi connectivity index (χ4n) is 3.37. The van der Waals surface area contributed by atoms with Crippen molar-refractivity contribution in [1.82, 2.24) is 0 Å². The second-order valence-corrected chi connectivity index (χ2v) is 5.06. The Labute approximate surface area is 153 Å². The molecule has 0 saturated carbocycles. The van der Waals surface area contributed by atoms with E-state index in [1.54, 1.807) is 0 Å². The van der Waals surface area contributed by atoms with Crippen molar-refractivity contribution < 1.29 is 55.8 Å². The second kappa shape index (κ2) is 6.84. The van der Waals surface area contributed by atoms with Gasteiger partial charge in [-0.2, -0.15) is 12.1 Å². The Balaban J connectivity index is 0.000000810. The molecule has 0 aromatic heterocycles. The largest absolute Gasteiger partial charge is 1.00 e. The Kier molecular flexibility index (Phi) is 6.33. The van der Waals surface area contributed by atoms with Gasteiger partial charge >= 0.3 is 51.4 Å². The summed E-state index contributed by atoms with van der Waals surface area (Å²) in [4.78, 5) is 2.35. The van der Waals surface area contributed by atoms with E-state index in [4.69, 9.17) is 0 Å². The van der Waals surface area contributed by atoms with Crippen LogP contribution in [0.25, 0.3) is 0 Å². The van der Waals surface area contributed by atoms with Crippen LogP contribution in [0.2, 0.25) is 0 Å². The third-order valence-electron chi connectivity index (χ3n) is 4.06. The van der Waals surface area contributed by atoms with Crippen LogP contribution < -0.4 is 56.3 Å². The van der Waals surface area contributed by atoms with Gasteiger partial charge in [0.1, 0.15) is 0 Å². The molecule has 1 nitrogen and oxygen atoms in total. The fourth-order valence-corrected chi connectivity index (χ4v) is 3.37. The number of aryl methyl sites for hydroxylation is 1. The summed E-state index contributed by atoms with van der Waals surface area (Å²) in [5.74, 6) is -0.0983. The van der Waals surface area contributed by atoms with Gasteiger partial charge in [0.05, 0.1) is 0 Å². The standard InChI is InChI=1S/C14H17FN.CH3.K/c1-10-4-2-7-13(15)14(10)16-11-5-3-6-12(16)9-8-11;;/h4,7,11-12H,3,5-6,8-9H2,1H3;1H3;/q2*-1;+1. The first-order chi connectivity index (χ1) is 7.77. The van der Waals surface area contributed by atoms with Crippen molar-refractivity contribution in [3.05, 3.63) is 37.0 Å². The van der Waals surface area contributed by atoms with E-state index in [1.807, 2.05) is 13.0 Å². The van der Waals surface area contributed by atoms with E-state index in [2.05, 4.69) is 11.0 Å². The van der Waals surface area contributed by atoms with Crippen LogP contribution in [-0.2, 0) is 0 Å². The zero-order valence-electron chi connectivity index (χ0n) is 11.7.